The van der Waals surface area contributed by atoms with Crippen molar-refractivity contribution in [1.29, 1.82) is 0 Å². The SMILES string of the molecule is COc1ccc(-c2nc3ccccc3s2)cc1NC(=S)NC(=O)c1ccccc1F. The van der Waals surface area contributed by atoms with Crippen molar-refractivity contribution < 1.29 is 13.9 Å². The number of carbonyl (C=O) groups is 1. The van der Waals surface area contributed by atoms with E-state index in [1.165, 1.54) is 18.2 Å². The smallest absolute Gasteiger partial charge is 0.260 e. The molecule has 0 unspecified atom stereocenters. The normalized spacial score (nSPS) is 10.6. The molecule has 0 bridgehead atoms. The number of amides is 1. The Kier molecular flexibility index (Phi) is 5.69. The Bertz CT molecular complexity index is 1220. The van der Waals surface area contributed by atoms with Gasteiger partial charge in [0.1, 0.15) is 16.6 Å². The van der Waals surface area contributed by atoms with E-state index in [9.17, 15) is 9.18 Å². The highest BCUT2D eigenvalue weighted by Gasteiger charge is 2.15. The number of para-hydroxylation sites is 1. The fraction of sp³-hybridized carbons (Fsp3) is 0.0455. The average molecular weight is 438 g/mol. The van der Waals surface area contributed by atoms with Crippen molar-refractivity contribution in [3.8, 4) is 16.3 Å². The van der Waals surface area contributed by atoms with Gasteiger partial charge in [0.05, 0.1) is 28.6 Å². The summed E-state index contributed by atoms with van der Waals surface area (Å²) < 4.78 is 20.3. The van der Waals surface area contributed by atoms with Gasteiger partial charge >= 0.3 is 0 Å². The zero-order valence-electron chi connectivity index (χ0n) is 15.8. The molecule has 3 aromatic carbocycles. The van der Waals surface area contributed by atoms with Crippen molar-refractivity contribution in [2.75, 3.05) is 12.4 Å². The van der Waals surface area contributed by atoms with Gasteiger partial charge in [-0.15, -0.1) is 11.3 Å². The van der Waals surface area contributed by atoms with Crippen LogP contribution in [0.25, 0.3) is 20.8 Å². The van der Waals surface area contributed by atoms with Gasteiger partial charge < -0.3 is 10.1 Å². The number of fused-ring (bicyclic) bond motifs is 1. The number of benzene rings is 3. The lowest BCUT2D eigenvalue weighted by Gasteiger charge is -2.14. The largest absolute Gasteiger partial charge is 0.495 e. The molecule has 0 saturated heterocycles. The number of thiocarbonyl (C=S) groups is 1. The Morgan fingerprint density at radius 2 is 1.87 bits per heavy atom. The van der Waals surface area contributed by atoms with Gasteiger partial charge in [-0.2, -0.15) is 0 Å². The van der Waals surface area contributed by atoms with Crippen LogP contribution in [0.4, 0.5) is 10.1 Å². The van der Waals surface area contributed by atoms with Crippen LogP contribution in [0.3, 0.4) is 0 Å². The molecule has 0 aliphatic heterocycles. The molecule has 2 N–H and O–H groups in total. The first-order valence-corrected chi connectivity index (χ1v) is 10.2. The number of ether oxygens (including phenoxy) is 1. The fourth-order valence-electron chi connectivity index (χ4n) is 2.90. The van der Waals surface area contributed by atoms with Crippen molar-refractivity contribution >= 4 is 50.5 Å². The van der Waals surface area contributed by atoms with Crippen LogP contribution in [-0.2, 0) is 0 Å². The van der Waals surface area contributed by atoms with Gasteiger partial charge in [0.2, 0.25) is 0 Å². The third-order valence-electron chi connectivity index (χ3n) is 4.33. The lowest BCUT2D eigenvalue weighted by Crippen LogP contribution is -2.34. The van der Waals surface area contributed by atoms with Crippen LogP contribution in [0.1, 0.15) is 10.4 Å². The first-order chi connectivity index (χ1) is 14.5. The maximum atomic E-state index is 13.8. The van der Waals surface area contributed by atoms with E-state index in [-0.39, 0.29) is 10.7 Å². The Morgan fingerprint density at radius 3 is 2.63 bits per heavy atom. The Balaban J connectivity index is 1.57. The van der Waals surface area contributed by atoms with E-state index in [0.29, 0.717) is 11.4 Å². The second-order valence-electron chi connectivity index (χ2n) is 6.29. The van der Waals surface area contributed by atoms with E-state index in [1.54, 1.807) is 30.6 Å². The molecule has 0 aliphatic rings. The number of carbonyl (C=O) groups excluding carboxylic acids is 1. The Hall–Kier alpha value is -3.36. The summed E-state index contributed by atoms with van der Waals surface area (Å²) in [5, 5.41) is 6.33. The molecule has 0 spiro atoms. The van der Waals surface area contributed by atoms with E-state index >= 15 is 0 Å². The molecule has 0 aliphatic carbocycles. The highest BCUT2D eigenvalue weighted by molar-refractivity contribution is 7.80. The molecular weight excluding hydrogens is 421 g/mol. The molecule has 5 nitrogen and oxygen atoms in total. The summed E-state index contributed by atoms with van der Waals surface area (Å²) in [6.07, 6.45) is 0. The number of halogens is 1. The Morgan fingerprint density at radius 1 is 1.10 bits per heavy atom. The Labute approximate surface area is 181 Å². The monoisotopic (exact) mass is 437 g/mol. The van der Waals surface area contributed by atoms with Gasteiger partial charge in [-0.25, -0.2) is 9.37 Å². The number of nitrogens with zero attached hydrogens (tertiary/aromatic N) is 1. The number of aromatic nitrogens is 1. The molecular formula is C22H16FN3O2S2. The van der Waals surface area contributed by atoms with Gasteiger partial charge in [0, 0.05) is 5.56 Å². The second kappa shape index (κ2) is 8.56. The average Bonchev–Trinajstić information content (AvgIpc) is 3.18. The number of methoxy groups -OCH3 is 1. The summed E-state index contributed by atoms with van der Waals surface area (Å²) >= 11 is 6.82. The molecule has 1 amide bonds. The fourth-order valence-corrected chi connectivity index (χ4v) is 4.07. The minimum absolute atomic E-state index is 0.0306. The van der Waals surface area contributed by atoms with E-state index < -0.39 is 11.7 Å². The molecule has 0 atom stereocenters. The van der Waals surface area contributed by atoms with Crippen molar-refractivity contribution in [1.82, 2.24) is 10.3 Å². The van der Waals surface area contributed by atoms with Crippen molar-refractivity contribution in [2.24, 2.45) is 0 Å². The van der Waals surface area contributed by atoms with Gasteiger partial charge in [0.15, 0.2) is 5.11 Å². The molecule has 0 fully saturated rings. The van der Waals surface area contributed by atoms with Crippen LogP contribution < -0.4 is 15.4 Å². The van der Waals surface area contributed by atoms with Crippen LogP contribution in [-0.4, -0.2) is 23.1 Å². The molecule has 1 aromatic heterocycles. The minimum atomic E-state index is -0.633. The number of anilines is 1. The molecule has 4 aromatic rings. The molecule has 1 heterocycles. The predicted octanol–water partition coefficient (Wildman–Crippen LogP) is 5.24. The molecule has 0 saturated carbocycles. The maximum absolute atomic E-state index is 13.8. The summed E-state index contributed by atoms with van der Waals surface area (Å²) in [7, 11) is 1.54. The highest BCUT2D eigenvalue weighted by atomic mass is 32.1. The van der Waals surface area contributed by atoms with E-state index in [4.69, 9.17) is 17.0 Å². The van der Waals surface area contributed by atoms with Crippen molar-refractivity contribution in [2.45, 2.75) is 0 Å². The van der Waals surface area contributed by atoms with Gasteiger partial charge in [-0.1, -0.05) is 24.3 Å². The summed E-state index contributed by atoms with van der Waals surface area (Å²) in [5.41, 5.74) is 2.28. The highest BCUT2D eigenvalue weighted by Crippen LogP contribution is 2.34. The second-order valence-corrected chi connectivity index (χ2v) is 7.73. The van der Waals surface area contributed by atoms with E-state index in [1.807, 2.05) is 36.4 Å². The number of nitrogens with one attached hydrogen (secondary N) is 2. The predicted molar refractivity (Wildman–Crippen MR) is 122 cm³/mol. The van der Waals surface area contributed by atoms with Crippen LogP contribution in [0.5, 0.6) is 5.75 Å². The lowest BCUT2D eigenvalue weighted by atomic mass is 10.2. The molecule has 4 rings (SSSR count). The molecule has 8 heteroatoms. The summed E-state index contributed by atoms with van der Waals surface area (Å²) in [5.74, 6) is -0.706. The first kappa shape index (κ1) is 19.9. The number of hydrogen-bond acceptors (Lipinski definition) is 5. The molecule has 150 valence electrons. The van der Waals surface area contributed by atoms with Crippen LogP contribution in [0.2, 0.25) is 0 Å². The third-order valence-corrected chi connectivity index (χ3v) is 5.62. The number of rotatable bonds is 4. The van der Waals surface area contributed by atoms with E-state index in [2.05, 4.69) is 15.6 Å². The van der Waals surface area contributed by atoms with Crippen LogP contribution >= 0.6 is 23.6 Å². The summed E-state index contributed by atoms with van der Waals surface area (Å²) in [4.78, 5) is 17.0. The standard InChI is InChI=1S/C22H16FN3O2S2/c1-28-18-11-10-13(21-24-16-8-4-5-9-19(16)30-21)12-17(18)25-22(29)26-20(27)14-6-2-3-7-15(14)23/h2-12H,1H3,(H2,25,26,27,29). The van der Waals surface area contributed by atoms with Gasteiger partial charge in [-0.05, 0) is 54.7 Å². The minimum Gasteiger partial charge on any atom is -0.495 e. The maximum Gasteiger partial charge on any atom is 0.260 e. The number of thiazole rings is 1. The zero-order chi connectivity index (χ0) is 21.1. The van der Waals surface area contributed by atoms with Crippen molar-refractivity contribution in [3.05, 3.63) is 78.1 Å². The zero-order valence-corrected chi connectivity index (χ0v) is 17.4. The van der Waals surface area contributed by atoms with Crippen LogP contribution in [0.15, 0.2) is 66.7 Å². The summed E-state index contributed by atoms with van der Waals surface area (Å²) in [6, 6.07) is 19.2. The third kappa shape index (κ3) is 4.14. The van der Waals surface area contributed by atoms with Gasteiger partial charge in [0.25, 0.3) is 5.91 Å². The topological polar surface area (TPSA) is 63.2 Å². The van der Waals surface area contributed by atoms with Crippen LogP contribution in [0, 0.1) is 5.82 Å². The molecule has 0 radical (unpaired) electrons. The van der Waals surface area contributed by atoms with Crippen molar-refractivity contribution in [3.63, 3.8) is 0 Å². The number of hydrogen-bond donors (Lipinski definition) is 2. The lowest BCUT2D eigenvalue weighted by molar-refractivity contribution is 0.0974. The van der Waals surface area contributed by atoms with Gasteiger partial charge in [-0.3, -0.25) is 10.1 Å². The first-order valence-electron chi connectivity index (χ1n) is 8.96. The van der Waals surface area contributed by atoms with E-state index in [0.717, 1.165) is 20.8 Å². The summed E-state index contributed by atoms with van der Waals surface area (Å²) in [6.45, 7) is 0. The quantitative estimate of drug-likeness (QED) is 0.428. The molecule has 30 heavy (non-hydrogen) atoms.